The molecule has 1 amide bonds. The summed E-state index contributed by atoms with van der Waals surface area (Å²) < 4.78 is 10.5. The number of hydrogen-bond donors (Lipinski definition) is 1. The molecule has 0 unspecified atom stereocenters. The Bertz CT molecular complexity index is 938. The molecule has 1 aromatic carbocycles. The summed E-state index contributed by atoms with van der Waals surface area (Å²) in [5.74, 6) is 2.46. The van der Waals surface area contributed by atoms with Gasteiger partial charge in [-0.05, 0) is 37.1 Å². The van der Waals surface area contributed by atoms with Crippen LogP contribution in [0.3, 0.4) is 0 Å². The van der Waals surface area contributed by atoms with Crippen LogP contribution in [0.4, 0.5) is 5.69 Å². The summed E-state index contributed by atoms with van der Waals surface area (Å²) in [6.45, 7) is 0. The molecule has 0 radical (unpaired) electrons. The largest absolute Gasteiger partial charge is 0.495 e. The van der Waals surface area contributed by atoms with E-state index < -0.39 is 0 Å². The van der Waals surface area contributed by atoms with Crippen molar-refractivity contribution in [2.24, 2.45) is 0 Å². The molecule has 1 fully saturated rings. The van der Waals surface area contributed by atoms with Crippen LogP contribution >= 0.6 is 11.8 Å². The van der Waals surface area contributed by atoms with Crippen molar-refractivity contribution in [3.05, 3.63) is 48.4 Å². The minimum Gasteiger partial charge on any atom is -0.495 e. The Morgan fingerprint density at radius 3 is 2.89 bits per heavy atom. The molecule has 3 aromatic rings. The lowest BCUT2D eigenvalue weighted by atomic mass is 10.3. The summed E-state index contributed by atoms with van der Waals surface area (Å²) in [5.41, 5.74) is 1.42. The summed E-state index contributed by atoms with van der Waals surface area (Å²) in [6, 6.07) is 11.0. The van der Waals surface area contributed by atoms with Gasteiger partial charge in [0.2, 0.25) is 5.91 Å². The number of carbonyl (C=O) groups excluding carboxylic acids is 1. The monoisotopic (exact) mass is 382 g/mol. The average Bonchev–Trinajstić information content (AvgIpc) is 3.44. The van der Waals surface area contributed by atoms with Crippen LogP contribution in [-0.4, -0.2) is 33.9 Å². The van der Waals surface area contributed by atoms with Gasteiger partial charge in [-0.3, -0.25) is 4.79 Å². The van der Waals surface area contributed by atoms with E-state index in [2.05, 4.69) is 20.4 Å². The number of methoxy groups -OCH3 is 1. The van der Waals surface area contributed by atoms with Crippen molar-refractivity contribution in [3.8, 4) is 17.2 Å². The predicted octanol–water partition coefficient (Wildman–Crippen LogP) is 3.75. The number of thioether (sulfide) groups is 1. The van der Waals surface area contributed by atoms with Crippen molar-refractivity contribution in [2.45, 2.75) is 23.8 Å². The summed E-state index contributed by atoms with van der Waals surface area (Å²) >= 11 is 1.35. The number of carbonyl (C=O) groups is 1. The number of ether oxygens (including phenoxy) is 1. The Morgan fingerprint density at radius 2 is 2.15 bits per heavy atom. The molecular weight excluding hydrogens is 364 g/mol. The van der Waals surface area contributed by atoms with Gasteiger partial charge < -0.3 is 14.6 Å². The summed E-state index contributed by atoms with van der Waals surface area (Å²) in [4.78, 5) is 20.9. The number of rotatable bonds is 7. The number of pyridine rings is 1. The summed E-state index contributed by atoms with van der Waals surface area (Å²) in [7, 11) is 1.57. The zero-order valence-corrected chi connectivity index (χ0v) is 15.5. The first-order chi connectivity index (χ1) is 13.2. The van der Waals surface area contributed by atoms with Gasteiger partial charge in [0, 0.05) is 12.1 Å². The number of para-hydroxylation sites is 2. The van der Waals surface area contributed by atoms with E-state index in [1.165, 1.54) is 11.8 Å². The van der Waals surface area contributed by atoms with Crippen molar-refractivity contribution < 1.29 is 14.1 Å². The molecule has 1 aliphatic rings. The zero-order chi connectivity index (χ0) is 18.6. The maximum absolute atomic E-state index is 12.2. The molecule has 2 aromatic heterocycles. The minimum atomic E-state index is -0.124. The molecule has 8 heteroatoms. The van der Waals surface area contributed by atoms with Crippen molar-refractivity contribution in [1.82, 2.24) is 15.1 Å². The van der Waals surface area contributed by atoms with E-state index in [1.807, 2.05) is 24.3 Å². The first-order valence-electron chi connectivity index (χ1n) is 8.58. The van der Waals surface area contributed by atoms with Crippen LogP contribution in [0.5, 0.6) is 5.75 Å². The second kappa shape index (κ2) is 7.79. The smallest absolute Gasteiger partial charge is 0.259 e. The van der Waals surface area contributed by atoms with E-state index >= 15 is 0 Å². The molecule has 0 saturated heterocycles. The summed E-state index contributed by atoms with van der Waals surface area (Å²) in [5, 5.41) is 7.60. The zero-order valence-electron chi connectivity index (χ0n) is 14.7. The van der Waals surface area contributed by atoms with Crippen LogP contribution in [-0.2, 0) is 4.79 Å². The molecule has 7 nitrogen and oxygen atoms in total. The molecule has 4 rings (SSSR count). The van der Waals surface area contributed by atoms with E-state index in [0.29, 0.717) is 23.2 Å². The molecular formula is C19H18N4O3S. The van der Waals surface area contributed by atoms with Gasteiger partial charge >= 0.3 is 0 Å². The number of amides is 1. The van der Waals surface area contributed by atoms with Crippen LogP contribution in [0.2, 0.25) is 0 Å². The Kier molecular flexibility index (Phi) is 5.06. The third-order valence-corrected chi connectivity index (χ3v) is 5.04. The van der Waals surface area contributed by atoms with E-state index in [1.54, 1.807) is 25.4 Å². The van der Waals surface area contributed by atoms with Gasteiger partial charge in [-0.15, -0.1) is 0 Å². The van der Waals surface area contributed by atoms with Crippen molar-refractivity contribution in [3.63, 3.8) is 0 Å². The third kappa shape index (κ3) is 4.28. The van der Waals surface area contributed by atoms with Gasteiger partial charge in [0.15, 0.2) is 5.82 Å². The Morgan fingerprint density at radius 1 is 1.30 bits per heavy atom. The number of aromatic nitrogens is 3. The highest BCUT2D eigenvalue weighted by atomic mass is 32.2. The van der Waals surface area contributed by atoms with Gasteiger partial charge in [0.1, 0.15) is 5.75 Å². The third-order valence-electron chi connectivity index (χ3n) is 4.10. The van der Waals surface area contributed by atoms with Crippen LogP contribution < -0.4 is 10.1 Å². The molecule has 0 spiro atoms. The molecule has 27 heavy (non-hydrogen) atoms. The van der Waals surface area contributed by atoms with Crippen LogP contribution in [0.25, 0.3) is 11.5 Å². The molecule has 0 aliphatic heterocycles. The number of anilines is 1. The highest BCUT2D eigenvalue weighted by Gasteiger charge is 2.29. The fourth-order valence-electron chi connectivity index (χ4n) is 2.53. The number of nitrogens with zero attached hydrogens (tertiary/aromatic N) is 3. The number of hydrogen-bond acceptors (Lipinski definition) is 7. The maximum Gasteiger partial charge on any atom is 0.259 e. The molecule has 0 bridgehead atoms. The Hall–Kier alpha value is -2.87. The highest BCUT2D eigenvalue weighted by Crippen LogP contribution is 2.38. The van der Waals surface area contributed by atoms with Gasteiger partial charge in [0.25, 0.3) is 5.89 Å². The van der Waals surface area contributed by atoms with Crippen LogP contribution in [0.1, 0.15) is 24.6 Å². The van der Waals surface area contributed by atoms with Gasteiger partial charge in [-0.2, -0.15) is 4.98 Å². The Balaban J connectivity index is 1.33. The normalized spacial score (nSPS) is 13.4. The number of nitrogens with one attached hydrogen (secondary N) is 1. The molecule has 1 N–H and O–H groups in total. The first-order valence-corrected chi connectivity index (χ1v) is 9.57. The maximum atomic E-state index is 12.2. The van der Waals surface area contributed by atoms with E-state index in [-0.39, 0.29) is 11.7 Å². The van der Waals surface area contributed by atoms with E-state index in [0.717, 1.165) is 29.3 Å². The first kappa shape index (κ1) is 17.5. The van der Waals surface area contributed by atoms with Crippen molar-refractivity contribution in [1.29, 1.82) is 0 Å². The minimum absolute atomic E-state index is 0.124. The molecule has 1 aliphatic carbocycles. The van der Waals surface area contributed by atoms with Crippen molar-refractivity contribution in [2.75, 3.05) is 18.2 Å². The molecule has 1 saturated carbocycles. The van der Waals surface area contributed by atoms with E-state index in [9.17, 15) is 4.79 Å². The standard InChI is InChI=1S/C19H18N4O3S/c1-25-15-5-3-2-4-14(15)21-16(24)11-27-17-9-8-13(10-20-17)19-22-18(23-26-19)12-6-7-12/h2-5,8-10,12H,6-7,11H2,1H3,(H,21,24). The fraction of sp³-hybridized carbons (Fsp3) is 0.263. The SMILES string of the molecule is COc1ccccc1NC(=O)CSc1ccc(-c2nc(C3CC3)no2)cn1. The van der Waals surface area contributed by atoms with Gasteiger partial charge in [-0.1, -0.05) is 29.1 Å². The van der Waals surface area contributed by atoms with Crippen LogP contribution in [0.15, 0.2) is 52.1 Å². The quantitative estimate of drug-likeness (QED) is 0.622. The molecule has 0 atom stereocenters. The fourth-order valence-corrected chi connectivity index (χ4v) is 3.17. The number of benzene rings is 1. The topological polar surface area (TPSA) is 90.1 Å². The lowest BCUT2D eigenvalue weighted by Gasteiger charge is -2.09. The lowest BCUT2D eigenvalue weighted by molar-refractivity contribution is -0.113. The molecule has 2 heterocycles. The highest BCUT2D eigenvalue weighted by molar-refractivity contribution is 7.99. The van der Waals surface area contributed by atoms with E-state index in [4.69, 9.17) is 9.26 Å². The second-order valence-corrected chi connectivity index (χ2v) is 7.15. The van der Waals surface area contributed by atoms with Gasteiger partial charge in [0.05, 0.1) is 29.1 Å². The van der Waals surface area contributed by atoms with Gasteiger partial charge in [-0.25, -0.2) is 4.98 Å². The summed E-state index contributed by atoms with van der Waals surface area (Å²) in [6.07, 6.45) is 3.94. The second-order valence-electron chi connectivity index (χ2n) is 6.15. The predicted molar refractivity (Wildman–Crippen MR) is 102 cm³/mol. The average molecular weight is 382 g/mol. The Labute approximate surface area is 160 Å². The van der Waals surface area contributed by atoms with Crippen molar-refractivity contribution >= 4 is 23.4 Å². The molecule has 138 valence electrons. The van der Waals surface area contributed by atoms with Crippen LogP contribution in [0, 0.1) is 0 Å². The lowest BCUT2D eigenvalue weighted by Crippen LogP contribution is -2.14.